The lowest BCUT2D eigenvalue weighted by Crippen LogP contribution is -2.10. The van der Waals surface area contributed by atoms with Gasteiger partial charge in [0.25, 0.3) is 0 Å². The quantitative estimate of drug-likeness (QED) is 0.838. The lowest BCUT2D eigenvalue weighted by atomic mass is 9.90. The molecule has 0 amide bonds. The zero-order valence-corrected chi connectivity index (χ0v) is 10.3. The van der Waals surface area contributed by atoms with Crippen LogP contribution in [0.1, 0.15) is 43.6 Å². The van der Waals surface area contributed by atoms with Crippen LogP contribution in [0.2, 0.25) is 0 Å². The normalized spacial score (nSPS) is 20.4. The Morgan fingerprint density at radius 2 is 2.00 bits per heavy atom. The Hall–Kier alpha value is -1.51. The standard InChI is InChI=1S/C15H18O3/c16-15(17)9-13(10-5-6-10)12-3-1-2-4-14(12)18-11-7-8-11/h1-4,10-11,13H,5-9H2,(H,16,17). The van der Waals surface area contributed by atoms with Crippen molar-refractivity contribution in [1.29, 1.82) is 0 Å². The van der Waals surface area contributed by atoms with Gasteiger partial charge in [0.05, 0.1) is 12.5 Å². The molecule has 1 atom stereocenters. The molecule has 1 aromatic rings. The molecule has 0 spiro atoms. The second-order valence-electron chi connectivity index (χ2n) is 5.40. The molecule has 3 nitrogen and oxygen atoms in total. The van der Waals surface area contributed by atoms with E-state index in [0.717, 1.165) is 37.0 Å². The first-order valence-corrected chi connectivity index (χ1v) is 6.71. The highest BCUT2D eigenvalue weighted by Crippen LogP contribution is 2.47. The van der Waals surface area contributed by atoms with Gasteiger partial charge in [0.2, 0.25) is 0 Å². The predicted octanol–water partition coefficient (Wildman–Crippen LogP) is 3.20. The molecule has 1 aromatic carbocycles. The Morgan fingerprint density at radius 3 is 2.61 bits per heavy atom. The van der Waals surface area contributed by atoms with Crippen LogP contribution in [0.25, 0.3) is 0 Å². The number of rotatable bonds is 6. The average molecular weight is 246 g/mol. The van der Waals surface area contributed by atoms with Crippen molar-refractivity contribution in [2.45, 2.75) is 44.1 Å². The predicted molar refractivity (Wildman–Crippen MR) is 67.8 cm³/mol. The van der Waals surface area contributed by atoms with Gasteiger partial charge >= 0.3 is 5.97 Å². The molecule has 2 saturated carbocycles. The van der Waals surface area contributed by atoms with Crippen LogP contribution in [0.15, 0.2) is 24.3 Å². The van der Waals surface area contributed by atoms with Crippen LogP contribution in [0.4, 0.5) is 0 Å². The summed E-state index contributed by atoms with van der Waals surface area (Å²) in [5.41, 5.74) is 1.09. The number of ether oxygens (including phenoxy) is 1. The van der Waals surface area contributed by atoms with Gasteiger partial charge in [-0.25, -0.2) is 0 Å². The molecule has 3 heteroatoms. The first-order chi connectivity index (χ1) is 8.74. The van der Waals surface area contributed by atoms with Gasteiger partial charge < -0.3 is 9.84 Å². The fourth-order valence-electron chi connectivity index (χ4n) is 2.48. The zero-order chi connectivity index (χ0) is 12.5. The molecule has 0 saturated heterocycles. The van der Waals surface area contributed by atoms with Crippen LogP contribution < -0.4 is 4.74 Å². The van der Waals surface area contributed by atoms with E-state index in [1.165, 1.54) is 0 Å². The van der Waals surface area contributed by atoms with Crippen LogP contribution in [-0.2, 0) is 4.79 Å². The summed E-state index contributed by atoms with van der Waals surface area (Å²) in [4.78, 5) is 11.0. The maximum Gasteiger partial charge on any atom is 0.303 e. The third kappa shape index (κ3) is 2.66. The van der Waals surface area contributed by atoms with Crippen LogP contribution in [0.3, 0.4) is 0 Å². The van der Waals surface area contributed by atoms with E-state index < -0.39 is 5.97 Å². The molecule has 3 rings (SSSR count). The number of carboxylic acid groups (broad SMARTS) is 1. The van der Waals surface area contributed by atoms with Gasteiger partial charge in [-0.2, -0.15) is 0 Å². The summed E-state index contributed by atoms with van der Waals surface area (Å²) in [6.45, 7) is 0. The summed E-state index contributed by atoms with van der Waals surface area (Å²) in [6.07, 6.45) is 5.12. The number of para-hydroxylation sites is 1. The largest absolute Gasteiger partial charge is 0.490 e. The Balaban J connectivity index is 1.84. The molecule has 0 aromatic heterocycles. The van der Waals surface area contributed by atoms with Crippen molar-refractivity contribution in [3.63, 3.8) is 0 Å². The Labute approximate surface area is 107 Å². The van der Waals surface area contributed by atoms with Gasteiger partial charge in [-0.3, -0.25) is 4.79 Å². The topological polar surface area (TPSA) is 46.5 Å². The molecule has 96 valence electrons. The van der Waals surface area contributed by atoms with E-state index in [2.05, 4.69) is 0 Å². The molecule has 1 unspecified atom stereocenters. The first-order valence-electron chi connectivity index (χ1n) is 6.71. The summed E-state index contributed by atoms with van der Waals surface area (Å²) >= 11 is 0. The maximum absolute atomic E-state index is 11.0. The van der Waals surface area contributed by atoms with E-state index >= 15 is 0 Å². The molecular formula is C15H18O3. The molecule has 0 aliphatic heterocycles. The molecule has 1 N–H and O–H groups in total. The lowest BCUT2D eigenvalue weighted by Gasteiger charge is -2.18. The molecule has 0 bridgehead atoms. The van der Waals surface area contributed by atoms with Crippen molar-refractivity contribution in [3.8, 4) is 5.75 Å². The molecule has 0 heterocycles. The second kappa shape index (κ2) is 4.63. The highest BCUT2D eigenvalue weighted by molar-refractivity contribution is 5.68. The van der Waals surface area contributed by atoms with Crippen molar-refractivity contribution < 1.29 is 14.6 Å². The Bertz CT molecular complexity index is 447. The minimum Gasteiger partial charge on any atom is -0.490 e. The third-order valence-corrected chi connectivity index (χ3v) is 3.72. The van der Waals surface area contributed by atoms with Gasteiger partial charge in [-0.15, -0.1) is 0 Å². The van der Waals surface area contributed by atoms with Gasteiger partial charge in [-0.05, 0) is 43.2 Å². The smallest absolute Gasteiger partial charge is 0.303 e. The van der Waals surface area contributed by atoms with Gasteiger partial charge in [0.1, 0.15) is 5.75 Å². The second-order valence-corrected chi connectivity index (χ2v) is 5.40. The minimum absolute atomic E-state index is 0.123. The minimum atomic E-state index is -0.715. The molecule has 2 aliphatic carbocycles. The maximum atomic E-state index is 11.0. The number of carboxylic acids is 1. The number of hydrogen-bond acceptors (Lipinski definition) is 2. The van der Waals surface area contributed by atoms with Crippen molar-refractivity contribution in [1.82, 2.24) is 0 Å². The fourth-order valence-corrected chi connectivity index (χ4v) is 2.48. The molecule has 2 fully saturated rings. The van der Waals surface area contributed by atoms with Crippen LogP contribution in [-0.4, -0.2) is 17.2 Å². The number of aliphatic carboxylic acids is 1. The van der Waals surface area contributed by atoms with Gasteiger partial charge in [-0.1, -0.05) is 18.2 Å². The zero-order valence-electron chi connectivity index (χ0n) is 10.3. The SMILES string of the molecule is O=C(O)CC(c1ccccc1OC1CC1)C1CC1. The van der Waals surface area contributed by atoms with Crippen molar-refractivity contribution >= 4 is 5.97 Å². The number of carbonyl (C=O) groups is 1. The van der Waals surface area contributed by atoms with Crippen molar-refractivity contribution in [2.75, 3.05) is 0 Å². The molecule has 2 aliphatic rings. The van der Waals surface area contributed by atoms with Crippen LogP contribution in [0.5, 0.6) is 5.75 Å². The monoisotopic (exact) mass is 246 g/mol. The summed E-state index contributed by atoms with van der Waals surface area (Å²) < 4.78 is 5.90. The average Bonchev–Trinajstić information content (AvgIpc) is 3.20. The third-order valence-electron chi connectivity index (χ3n) is 3.72. The van der Waals surface area contributed by atoms with Crippen molar-refractivity contribution in [3.05, 3.63) is 29.8 Å². The molecule has 18 heavy (non-hydrogen) atoms. The Morgan fingerprint density at radius 1 is 1.28 bits per heavy atom. The summed E-state index contributed by atoms with van der Waals surface area (Å²) in [5, 5.41) is 9.07. The highest BCUT2D eigenvalue weighted by Gasteiger charge is 2.36. The van der Waals surface area contributed by atoms with Crippen LogP contribution in [0, 0.1) is 5.92 Å². The summed E-state index contributed by atoms with van der Waals surface area (Å²) in [6, 6.07) is 7.95. The van der Waals surface area contributed by atoms with E-state index in [0.29, 0.717) is 12.0 Å². The van der Waals surface area contributed by atoms with E-state index in [4.69, 9.17) is 9.84 Å². The molecule has 0 radical (unpaired) electrons. The number of hydrogen-bond donors (Lipinski definition) is 1. The van der Waals surface area contributed by atoms with E-state index in [1.807, 2.05) is 24.3 Å². The van der Waals surface area contributed by atoms with E-state index in [-0.39, 0.29) is 12.3 Å². The first kappa shape index (κ1) is 11.6. The van der Waals surface area contributed by atoms with E-state index in [1.54, 1.807) is 0 Å². The molecular weight excluding hydrogens is 228 g/mol. The Kier molecular flexibility index (Phi) is 2.98. The number of benzene rings is 1. The van der Waals surface area contributed by atoms with E-state index in [9.17, 15) is 4.79 Å². The van der Waals surface area contributed by atoms with Crippen molar-refractivity contribution in [2.24, 2.45) is 5.92 Å². The van der Waals surface area contributed by atoms with Crippen LogP contribution >= 0.6 is 0 Å². The highest BCUT2D eigenvalue weighted by atomic mass is 16.5. The summed E-state index contributed by atoms with van der Waals surface area (Å²) in [7, 11) is 0. The summed E-state index contributed by atoms with van der Waals surface area (Å²) in [5.74, 6) is 0.841. The van der Waals surface area contributed by atoms with Gasteiger partial charge in [0.15, 0.2) is 0 Å². The lowest BCUT2D eigenvalue weighted by molar-refractivity contribution is -0.137. The van der Waals surface area contributed by atoms with Gasteiger partial charge in [0, 0.05) is 5.92 Å². The fraction of sp³-hybridized carbons (Fsp3) is 0.533.